The maximum Gasteiger partial charge on any atom is 0.136 e. The molecule has 0 bridgehead atoms. The number of nitrogens with zero attached hydrogens (tertiary/aromatic N) is 3. The number of Topliss-reactive ketones (excluding diaryl/α,β-unsaturated/α-hetero) is 1. The van der Waals surface area contributed by atoms with Crippen LogP contribution in [-0.4, -0.2) is 15.6 Å². The van der Waals surface area contributed by atoms with Crippen molar-refractivity contribution in [2.75, 3.05) is 0 Å². The molecule has 0 unspecified atom stereocenters. The van der Waals surface area contributed by atoms with Gasteiger partial charge in [0.05, 0.1) is 17.2 Å². The number of hydrogen-bond donors (Lipinski definition) is 0. The fraction of sp³-hybridized carbons (Fsp3) is 0.545. The van der Waals surface area contributed by atoms with Crippen molar-refractivity contribution in [3.05, 3.63) is 17.0 Å². The molecule has 2 rings (SSSR count). The van der Waals surface area contributed by atoms with Crippen molar-refractivity contribution in [3.8, 4) is 6.07 Å². The quantitative estimate of drug-likeness (QED) is 0.688. The number of carbonyl (C=O) groups excluding carboxylic acids is 1. The summed E-state index contributed by atoms with van der Waals surface area (Å²) in [5.41, 5.74) is 2.21. The second-order valence-corrected chi connectivity index (χ2v) is 4.26. The average molecular weight is 203 g/mol. The lowest BCUT2D eigenvalue weighted by molar-refractivity contribution is -0.126. The molecule has 1 aliphatic carbocycles. The van der Waals surface area contributed by atoms with Crippen LogP contribution in [0.15, 0.2) is 0 Å². The van der Waals surface area contributed by atoms with E-state index in [0.29, 0.717) is 12.8 Å². The molecular weight excluding hydrogens is 190 g/mol. The fourth-order valence-electron chi connectivity index (χ4n) is 2.40. The van der Waals surface area contributed by atoms with Crippen LogP contribution in [0, 0.1) is 25.2 Å². The highest BCUT2D eigenvalue weighted by molar-refractivity contribution is 5.90. The average Bonchev–Trinajstić information content (AvgIpc) is 2.37. The van der Waals surface area contributed by atoms with E-state index in [2.05, 4.69) is 11.2 Å². The van der Waals surface area contributed by atoms with E-state index in [1.165, 1.54) is 0 Å². The highest BCUT2D eigenvalue weighted by atomic mass is 16.1. The molecule has 0 aliphatic heterocycles. The fourth-order valence-corrected chi connectivity index (χ4v) is 2.40. The first-order valence-electron chi connectivity index (χ1n) is 4.94. The first kappa shape index (κ1) is 9.91. The van der Waals surface area contributed by atoms with Gasteiger partial charge in [-0.1, -0.05) is 0 Å². The van der Waals surface area contributed by atoms with Gasteiger partial charge in [-0.25, -0.2) is 0 Å². The summed E-state index contributed by atoms with van der Waals surface area (Å²) in [6.45, 7) is 3.83. The van der Waals surface area contributed by atoms with Crippen molar-refractivity contribution in [1.29, 1.82) is 5.26 Å². The molecule has 1 saturated carbocycles. The number of aromatic nitrogens is 2. The zero-order valence-electron chi connectivity index (χ0n) is 9.16. The highest BCUT2D eigenvalue weighted by Crippen LogP contribution is 2.43. The van der Waals surface area contributed by atoms with Gasteiger partial charge in [0, 0.05) is 31.1 Å². The van der Waals surface area contributed by atoms with Crippen molar-refractivity contribution < 1.29 is 4.79 Å². The van der Waals surface area contributed by atoms with Crippen LogP contribution in [-0.2, 0) is 17.3 Å². The van der Waals surface area contributed by atoms with E-state index in [1.807, 2.05) is 20.9 Å². The van der Waals surface area contributed by atoms with Crippen molar-refractivity contribution in [2.24, 2.45) is 7.05 Å². The summed E-state index contributed by atoms with van der Waals surface area (Å²) < 4.78 is 1.77. The molecule has 0 spiro atoms. The predicted molar refractivity (Wildman–Crippen MR) is 54.2 cm³/mol. The number of rotatable bonds is 1. The van der Waals surface area contributed by atoms with Crippen LogP contribution in [0.2, 0.25) is 0 Å². The van der Waals surface area contributed by atoms with Crippen LogP contribution in [0.4, 0.5) is 0 Å². The molecule has 78 valence electrons. The van der Waals surface area contributed by atoms with Crippen molar-refractivity contribution >= 4 is 5.78 Å². The number of hydrogen-bond acceptors (Lipinski definition) is 3. The van der Waals surface area contributed by atoms with Gasteiger partial charge < -0.3 is 0 Å². The third kappa shape index (κ3) is 1.19. The van der Waals surface area contributed by atoms with Gasteiger partial charge in [-0.3, -0.25) is 9.48 Å². The molecule has 0 amide bonds. The molecule has 0 saturated heterocycles. The Bertz CT molecular complexity index is 471. The Balaban J connectivity index is 2.54. The summed E-state index contributed by atoms with van der Waals surface area (Å²) in [5, 5.41) is 13.5. The zero-order chi connectivity index (χ0) is 11.2. The van der Waals surface area contributed by atoms with Gasteiger partial charge in [-0.2, -0.15) is 10.4 Å². The molecule has 0 N–H and O–H groups in total. The third-order valence-electron chi connectivity index (χ3n) is 3.20. The van der Waals surface area contributed by atoms with Crippen LogP contribution >= 0.6 is 0 Å². The Kier molecular flexibility index (Phi) is 1.93. The Morgan fingerprint density at radius 1 is 1.47 bits per heavy atom. The van der Waals surface area contributed by atoms with Crippen molar-refractivity contribution in [1.82, 2.24) is 9.78 Å². The molecule has 1 heterocycles. The number of carbonyl (C=O) groups is 1. The van der Waals surface area contributed by atoms with Crippen LogP contribution < -0.4 is 0 Å². The van der Waals surface area contributed by atoms with Gasteiger partial charge in [0.25, 0.3) is 0 Å². The summed E-state index contributed by atoms with van der Waals surface area (Å²) in [4.78, 5) is 11.1. The summed E-state index contributed by atoms with van der Waals surface area (Å²) in [6.07, 6.45) is 0.688. The largest absolute Gasteiger partial charge is 0.300 e. The van der Waals surface area contributed by atoms with E-state index in [-0.39, 0.29) is 5.78 Å². The Morgan fingerprint density at radius 2 is 2.07 bits per heavy atom. The SMILES string of the molecule is Cc1nn(C)c(C)c1C1(C#N)CC(=O)C1. The normalized spacial score (nSPS) is 18.4. The molecular formula is C11H13N3O. The monoisotopic (exact) mass is 203 g/mol. The molecule has 1 aromatic rings. The highest BCUT2D eigenvalue weighted by Gasteiger charge is 2.48. The van der Waals surface area contributed by atoms with Crippen molar-refractivity contribution in [3.63, 3.8) is 0 Å². The lowest BCUT2D eigenvalue weighted by atomic mass is 9.64. The minimum absolute atomic E-state index is 0.166. The minimum atomic E-state index is -0.598. The molecule has 1 fully saturated rings. The maximum absolute atomic E-state index is 11.1. The van der Waals surface area contributed by atoms with Crippen LogP contribution in [0.25, 0.3) is 0 Å². The van der Waals surface area contributed by atoms with Crippen molar-refractivity contribution in [2.45, 2.75) is 32.1 Å². The van der Waals surface area contributed by atoms with Crippen LogP contribution in [0.3, 0.4) is 0 Å². The number of nitriles is 1. The summed E-state index contributed by atoms with van der Waals surface area (Å²) in [6, 6.07) is 2.28. The van der Waals surface area contributed by atoms with E-state index in [9.17, 15) is 10.1 Å². The Labute approximate surface area is 88.5 Å². The molecule has 0 radical (unpaired) electrons. The molecule has 15 heavy (non-hydrogen) atoms. The lowest BCUT2D eigenvalue weighted by Crippen LogP contribution is -2.41. The second-order valence-electron chi connectivity index (χ2n) is 4.26. The van der Waals surface area contributed by atoms with E-state index in [0.717, 1.165) is 17.0 Å². The minimum Gasteiger partial charge on any atom is -0.300 e. The summed E-state index contributed by atoms with van der Waals surface area (Å²) in [7, 11) is 1.86. The van der Waals surface area contributed by atoms with Gasteiger partial charge >= 0.3 is 0 Å². The molecule has 1 aliphatic rings. The molecule has 0 atom stereocenters. The summed E-state index contributed by atoms with van der Waals surface area (Å²) >= 11 is 0. The van der Waals surface area contributed by atoms with Gasteiger partial charge in [-0.05, 0) is 13.8 Å². The first-order valence-corrected chi connectivity index (χ1v) is 4.94. The molecule has 4 heteroatoms. The summed E-state index contributed by atoms with van der Waals surface area (Å²) in [5.74, 6) is 0.166. The second kappa shape index (κ2) is 2.93. The molecule has 0 aromatic carbocycles. The van der Waals surface area contributed by atoms with Gasteiger partial charge in [0.15, 0.2) is 0 Å². The Hall–Kier alpha value is -1.63. The number of aryl methyl sites for hydroxylation is 2. The van der Waals surface area contributed by atoms with E-state index < -0.39 is 5.41 Å². The predicted octanol–water partition coefficient (Wildman–Crippen LogP) is 1.16. The maximum atomic E-state index is 11.1. The lowest BCUT2D eigenvalue weighted by Gasteiger charge is -2.34. The third-order valence-corrected chi connectivity index (χ3v) is 3.20. The zero-order valence-corrected chi connectivity index (χ0v) is 9.16. The van der Waals surface area contributed by atoms with Gasteiger partial charge in [-0.15, -0.1) is 0 Å². The number of ketones is 1. The van der Waals surface area contributed by atoms with Crippen LogP contribution in [0.5, 0.6) is 0 Å². The van der Waals surface area contributed by atoms with E-state index >= 15 is 0 Å². The smallest absolute Gasteiger partial charge is 0.136 e. The van der Waals surface area contributed by atoms with E-state index in [1.54, 1.807) is 4.68 Å². The Morgan fingerprint density at radius 3 is 2.40 bits per heavy atom. The first-order chi connectivity index (χ1) is 7.00. The standard InChI is InChI=1S/C11H13N3O/c1-7-10(8(2)14(3)13-7)11(6-12)4-9(15)5-11/h4-5H2,1-3H3. The van der Waals surface area contributed by atoms with Gasteiger partial charge in [0.1, 0.15) is 5.78 Å². The molecule has 1 aromatic heterocycles. The van der Waals surface area contributed by atoms with Crippen LogP contribution in [0.1, 0.15) is 29.8 Å². The van der Waals surface area contributed by atoms with E-state index in [4.69, 9.17) is 0 Å². The topological polar surface area (TPSA) is 58.7 Å². The van der Waals surface area contributed by atoms with Gasteiger partial charge in [0.2, 0.25) is 0 Å². The molecule has 4 nitrogen and oxygen atoms in total.